The summed E-state index contributed by atoms with van der Waals surface area (Å²) in [5.41, 5.74) is 19.4. The van der Waals surface area contributed by atoms with E-state index in [2.05, 4.69) is 323 Å². The first kappa shape index (κ1) is 55.8. The molecule has 84 heavy (non-hydrogen) atoms. The van der Waals surface area contributed by atoms with Crippen molar-refractivity contribution in [3.63, 3.8) is 0 Å². The Kier molecular flexibility index (Phi) is 14.3. The lowest BCUT2D eigenvalue weighted by atomic mass is 9.73. The van der Waals surface area contributed by atoms with Crippen molar-refractivity contribution in [2.75, 3.05) is 16.5 Å². The molecule has 9 aromatic carbocycles. The van der Waals surface area contributed by atoms with Crippen molar-refractivity contribution in [3.05, 3.63) is 275 Å². The highest BCUT2D eigenvalue weighted by Crippen LogP contribution is 2.51. The monoisotopic (exact) mass is 1100 g/mol. The molecular weight excluding hydrogens is 1020 g/mol. The molecule has 1 aliphatic heterocycles. The summed E-state index contributed by atoms with van der Waals surface area (Å²) in [6, 6.07) is 80.7. The van der Waals surface area contributed by atoms with E-state index in [4.69, 9.17) is 9.72 Å². The molecule has 0 amide bonds. The summed E-state index contributed by atoms with van der Waals surface area (Å²) >= 11 is 0. The molecule has 0 saturated heterocycles. The number of benzene rings is 9. The highest BCUT2D eigenvalue weighted by molar-refractivity contribution is 6.12. The third-order valence-corrected chi connectivity index (χ3v) is 18.3. The minimum Gasteiger partial charge on any atom is -0.457 e. The fourth-order valence-corrected chi connectivity index (χ4v) is 13.0. The molecule has 0 N–H and O–H groups in total. The van der Waals surface area contributed by atoms with Crippen LogP contribution in [0, 0.1) is 0 Å². The first-order chi connectivity index (χ1) is 40.2. The van der Waals surface area contributed by atoms with E-state index in [-0.39, 0.29) is 28.1 Å². The standard InChI is InChI=1S/C79H80N4O/c1-52(2)65-35-27-36-66(53(3)4)74(65)54-42-61(81-51-82(71-39-26-25-38-70(71)81)62-45-59(77(8,9)55-28-17-14-18-29-55)44-60(46-62)78(10,11)56-30-19-15-20-31-56)48-63(43-54)84-64-49-68(79(12,13)57-32-21-16-22-33-57)75-67-34-23-24-37-69(67)83(72(75)50-64)73-47-58(40-41-80-73)76(5,6)7/h14-50,52-53H,51H2,1-13H3. The molecule has 5 heteroatoms. The highest BCUT2D eigenvalue weighted by atomic mass is 16.5. The summed E-state index contributed by atoms with van der Waals surface area (Å²) in [6.07, 6.45) is 1.96. The predicted molar refractivity (Wildman–Crippen MR) is 355 cm³/mol. The van der Waals surface area contributed by atoms with E-state index in [0.717, 1.165) is 56.7 Å². The molecule has 2 aromatic heterocycles. The zero-order valence-electron chi connectivity index (χ0n) is 51.4. The first-order valence-electron chi connectivity index (χ1n) is 30.2. The Labute approximate surface area is 499 Å². The fraction of sp³-hybridized carbons (Fsp3) is 0.253. The number of nitrogens with zero attached hydrogens (tertiary/aromatic N) is 4. The second-order valence-corrected chi connectivity index (χ2v) is 26.5. The van der Waals surface area contributed by atoms with Gasteiger partial charge >= 0.3 is 0 Å². The van der Waals surface area contributed by atoms with Gasteiger partial charge in [0.15, 0.2) is 0 Å². The van der Waals surface area contributed by atoms with Crippen LogP contribution >= 0.6 is 0 Å². The summed E-state index contributed by atoms with van der Waals surface area (Å²) in [4.78, 5) is 10.1. The van der Waals surface area contributed by atoms with Crippen LogP contribution in [0.3, 0.4) is 0 Å². The molecule has 0 spiro atoms. The zero-order valence-corrected chi connectivity index (χ0v) is 51.4. The van der Waals surface area contributed by atoms with Crippen molar-refractivity contribution >= 4 is 44.6 Å². The number of pyridine rings is 1. The largest absolute Gasteiger partial charge is 0.457 e. The van der Waals surface area contributed by atoms with E-state index >= 15 is 0 Å². The van der Waals surface area contributed by atoms with Crippen LogP contribution in [0.1, 0.15) is 152 Å². The minimum atomic E-state index is -0.420. The normalized spacial score (nSPS) is 13.2. The number of hydrogen-bond donors (Lipinski definition) is 0. The Hall–Kier alpha value is -8.67. The van der Waals surface area contributed by atoms with Crippen LogP contribution in [-0.4, -0.2) is 16.2 Å². The zero-order chi connectivity index (χ0) is 58.9. The van der Waals surface area contributed by atoms with E-state index in [9.17, 15) is 0 Å². The summed E-state index contributed by atoms with van der Waals surface area (Å²) in [6.45, 7) is 30.8. The van der Waals surface area contributed by atoms with Gasteiger partial charge in [-0.05, 0) is 139 Å². The molecule has 11 aromatic rings. The maximum absolute atomic E-state index is 7.60. The smallest absolute Gasteiger partial charge is 0.137 e. The van der Waals surface area contributed by atoms with Gasteiger partial charge in [-0.3, -0.25) is 4.57 Å². The highest BCUT2D eigenvalue weighted by Gasteiger charge is 2.35. The van der Waals surface area contributed by atoms with Gasteiger partial charge in [0.2, 0.25) is 0 Å². The lowest BCUT2D eigenvalue weighted by Crippen LogP contribution is -2.27. The van der Waals surface area contributed by atoms with Gasteiger partial charge in [0.1, 0.15) is 24.0 Å². The Balaban J connectivity index is 1.07. The van der Waals surface area contributed by atoms with Crippen LogP contribution in [-0.2, 0) is 21.7 Å². The number of ether oxygens (including phenoxy) is 1. The molecular formula is C79H80N4O. The van der Waals surface area contributed by atoms with Crippen molar-refractivity contribution in [2.45, 2.75) is 124 Å². The molecule has 0 bridgehead atoms. The summed E-state index contributed by atoms with van der Waals surface area (Å²) in [5, 5.41) is 2.37. The minimum absolute atomic E-state index is 0.0735. The van der Waals surface area contributed by atoms with Crippen LogP contribution in [0.2, 0.25) is 0 Å². The van der Waals surface area contributed by atoms with Gasteiger partial charge in [-0.1, -0.05) is 236 Å². The van der Waals surface area contributed by atoms with Crippen molar-refractivity contribution < 1.29 is 4.74 Å². The van der Waals surface area contributed by atoms with Crippen LogP contribution in [0.25, 0.3) is 38.8 Å². The maximum Gasteiger partial charge on any atom is 0.137 e. The third kappa shape index (κ3) is 10.1. The van der Waals surface area contributed by atoms with Gasteiger partial charge in [0.05, 0.1) is 22.4 Å². The molecule has 422 valence electrons. The van der Waals surface area contributed by atoms with Crippen molar-refractivity contribution in [3.8, 4) is 28.4 Å². The van der Waals surface area contributed by atoms with Crippen LogP contribution in [0.15, 0.2) is 225 Å². The van der Waals surface area contributed by atoms with E-state index in [1.54, 1.807) is 0 Å². The van der Waals surface area contributed by atoms with E-state index in [1.165, 1.54) is 66.4 Å². The molecule has 0 atom stereocenters. The fourth-order valence-electron chi connectivity index (χ4n) is 13.0. The van der Waals surface area contributed by atoms with Crippen molar-refractivity contribution in [1.29, 1.82) is 0 Å². The quantitative estimate of drug-likeness (QED) is 0.109. The number of rotatable bonds is 14. The number of para-hydroxylation sites is 3. The third-order valence-electron chi connectivity index (χ3n) is 18.3. The molecule has 0 saturated carbocycles. The van der Waals surface area contributed by atoms with Gasteiger partial charge in [-0.2, -0.15) is 0 Å². The van der Waals surface area contributed by atoms with Gasteiger partial charge in [0.25, 0.3) is 0 Å². The predicted octanol–water partition coefficient (Wildman–Crippen LogP) is 21.4. The number of fused-ring (bicyclic) bond motifs is 4. The lowest BCUT2D eigenvalue weighted by Gasteiger charge is -2.33. The first-order valence-corrected chi connectivity index (χ1v) is 30.2. The van der Waals surface area contributed by atoms with E-state index < -0.39 is 5.41 Å². The van der Waals surface area contributed by atoms with E-state index in [0.29, 0.717) is 6.67 Å². The lowest BCUT2D eigenvalue weighted by molar-refractivity contribution is 0.481. The number of aromatic nitrogens is 2. The van der Waals surface area contributed by atoms with Crippen molar-refractivity contribution in [1.82, 2.24) is 9.55 Å². The van der Waals surface area contributed by atoms with E-state index in [1.807, 2.05) is 6.20 Å². The molecule has 0 unspecified atom stereocenters. The average molecular weight is 1100 g/mol. The molecule has 0 aliphatic carbocycles. The Morgan fingerprint density at radius 3 is 1.46 bits per heavy atom. The van der Waals surface area contributed by atoms with Crippen LogP contribution < -0.4 is 14.5 Å². The second kappa shape index (κ2) is 21.5. The molecule has 5 nitrogen and oxygen atoms in total. The summed E-state index contributed by atoms with van der Waals surface area (Å²) in [5.74, 6) is 2.98. The Morgan fingerprint density at radius 2 is 0.917 bits per heavy atom. The van der Waals surface area contributed by atoms with Gasteiger partial charge in [-0.25, -0.2) is 4.98 Å². The van der Waals surface area contributed by atoms with Gasteiger partial charge in [0, 0.05) is 56.7 Å². The van der Waals surface area contributed by atoms with Gasteiger partial charge < -0.3 is 14.5 Å². The summed E-state index contributed by atoms with van der Waals surface area (Å²) < 4.78 is 9.95. The topological polar surface area (TPSA) is 33.5 Å². The second-order valence-electron chi connectivity index (χ2n) is 26.5. The van der Waals surface area contributed by atoms with Gasteiger partial charge in [-0.15, -0.1) is 0 Å². The SMILES string of the molecule is CC(C)c1cccc(C(C)C)c1-c1cc(Oc2cc(C(C)(C)c3ccccc3)c3c4ccccc4n(-c4cc(C(C)(C)C)ccn4)c3c2)cc(N2CN(c3cc(C(C)(C)c4ccccc4)cc(C(C)(C)c4ccccc4)c3)c3ccccc32)c1. The summed E-state index contributed by atoms with van der Waals surface area (Å²) in [7, 11) is 0. The molecule has 3 heterocycles. The van der Waals surface area contributed by atoms with Crippen LogP contribution in [0.5, 0.6) is 11.5 Å². The Bertz CT molecular complexity index is 4120. The molecule has 12 rings (SSSR count). The number of hydrogen-bond acceptors (Lipinski definition) is 4. The molecule has 0 radical (unpaired) electrons. The molecule has 1 aliphatic rings. The number of anilines is 4. The van der Waals surface area contributed by atoms with Crippen molar-refractivity contribution in [2.24, 2.45) is 0 Å². The maximum atomic E-state index is 7.60. The average Bonchev–Trinajstić information content (AvgIpc) is 2.01. The van der Waals surface area contributed by atoms with Crippen LogP contribution in [0.4, 0.5) is 22.7 Å². The molecule has 0 fully saturated rings. The Morgan fingerprint density at radius 1 is 0.417 bits per heavy atom.